The Balaban J connectivity index is 3.06. The molecule has 0 saturated carbocycles. The predicted octanol–water partition coefficient (Wildman–Crippen LogP) is 1.12. The summed E-state index contributed by atoms with van der Waals surface area (Å²) in [5, 5.41) is 0. The van der Waals surface area contributed by atoms with Gasteiger partial charge in [-0.3, -0.25) is 4.79 Å². The monoisotopic (exact) mass is 260 g/mol. The number of benzene rings is 1. The molecule has 3 nitrogen and oxygen atoms in total. The molecule has 1 rings (SSSR count). The molecule has 0 spiro atoms. The van der Waals surface area contributed by atoms with Crippen molar-refractivity contribution >= 4 is 21.8 Å². The second-order valence-corrected chi connectivity index (χ2v) is 3.72. The first-order valence-corrected chi connectivity index (χ1v) is 4.80. The van der Waals surface area contributed by atoms with Crippen LogP contribution in [0.4, 0.5) is 4.39 Å². The summed E-state index contributed by atoms with van der Waals surface area (Å²) in [6.45, 7) is 0.0798. The Morgan fingerprint density at radius 3 is 2.64 bits per heavy atom. The number of hydrogen-bond donors (Lipinski definition) is 2. The fourth-order valence-corrected chi connectivity index (χ4v) is 1.39. The quantitative estimate of drug-likeness (QED) is 0.855. The van der Waals surface area contributed by atoms with E-state index in [4.69, 9.17) is 11.5 Å². The molecule has 5 heteroatoms. The summed E-state index contributed by atoms with van der Waals surface area (Å²) in [6, 6.07) is 4.40. The maximum atomic E-state index is 13.1. The van der Waals surface area contributed by atoms with Gasteiger partial charge in [0.25, 0.3) is 0 Å². The average molecular weight is 261 g/mol. The molecule has 0 fully saturated rings. The first-order valence-electron chi connectivity index (χ1n) is 4.00. The second kappa shape index (κ2) is 4.52. The highest BCUT2D eigenvalue weighted by atomic mass is 79.9. The van der Waals surface area contributed by atoms with Crippen LogP contribution in [0.5, 0.6) is 0 Å². The van der Waals surface area contributed by atoms with Gasteiger partial charge in [0.1, 0.15) is 5.82 Å². The molecule has 4 N–H and O–H groups in total. The molecule has 1 aromatic rings. The largest absolute Gasteiger partial charge is 0.369 e. The Labute approximate surface area is 89.4 Å². The van der Waals surface area contributed by atoms with E-state index in [9.17, 15) is 9.18 Å². The highest BCUT2D eigenvalue weighted by molar-refractivity contribution is 9.10. The van der Waals surface area contributed by atoms with Crippen LogP contribution in [-0.4, -0.2) is 12.5 Å². The number of nitrogens with two attached hydrogens (primary N) is 2. The van der Waals surface area contributed by atoms with Crippen molar-refractivity contribution in [1.82, 2.24) is 0 Å². The van der Waals surface area contributed by atoms with Crippen LogP contribution in [0.15, 0.2) is 22.7 Å². The van der Waals surface area contributed by atoms with Gasteiger partial charge in [0.2, 0.25) is 5.91 Å². The Hall–Kier alpha value is -0.940. The molecule has 0 aliphatic carbocycles. The van der Waals surface area contributed by atoms with Crippen LogP contribution in [0.25, 0.3) is 0 Å². The highest BCUT2D eigenvalue weighted by Crippen LogP contribution is 2.21. The van der Waals surface area contributed by atoms with E-state index in [1.165, 1.54) is 12.1 Å². The van der Waals surface area contributed by atoms with Crippen molar-refractivity contribution in [2.45, 2.75) is 5.92 Å². The molecular formula is C9H10BrFN2O. The summed E-state index contributed by atoms with van der Waals surface area (Å²) >= 11 is 3.01. The molecule has 0 aromatic heterocycles. The van der Waals surface area contributed by atoms with Crippen LogP contribution in [0.1, 0.15) is 11.5 Å². The van der Waals surface area contributed by atoms with E-state index in [1.54, 1.807) is 6.07 Å². The average Bonchev–Trinajstić information content (AvgIpc) is 2.11. The Morgan fingerprint density at radius 1 is 1.57 bits per heavy atom. The maximum Gasteiger partial charge on any atom is 0.226 e. The van der Waals surface area contributed by atoms with Gasteiger partial charge in [-0.05, 0) is 33.6 Å². The van der Waals surface area contributed by atoms with Gasteiger partial charge < -0.3 is 11.5 Å². The van der Waals surface area contributed by atoms with Gasteiger partial charge >= 0.3 is 0 Å². The van der Waals surface area contributed by atoms with E-state index in [0.717, 1.165) is 0 Å². The fraction of sp³-hybridized carbons (Fsp3) is 0.222. The van der Waals surface area contributed by atoms with Crippen molar-refractivity contribution in [2.24, 2.45) is 11.5 Å². The van der Waals surface area contributed by atoms with Crippen LogP contribution in [0.2, 0.25) is 0 Å². The van der Waals surface area contributed by atoms with Gasteiger partial charge in [0.15, 0.2) is 0 Å². The summed E-state index contributed by atoms with van der Waals surface area (Å²) in [7, 11) is 0. The van der Waals surface area contributed by atoms with Crippen molar-refractivity contribution in [1.29, 1.82) is 0 Å². The fourth-order valence-electron chi connectivity index (χ4n) is 1.15. The lowest BCUT2D eigenvalue weighted by molar-refractivity contribution is -0.119. The minimum absolute atomic E-state index is 0.0798. The van der Waals surface area contributed by atoms with Crippen LogP contribution >= 0.6 is 15.9 Å². The topological polar surface area (TPSA) is 69.1 Å². The van der Waals surface area contributed by atoms with Gasteiger partial charge in [0, 0.05) is 6.54 Å². The summed E-state index contributed by atoms with van der Waals surface area (Å²) in [5.41, 5.74) is 11.0. The summed E-state index contributed by atoms with van der Waals surface area (Å²) < 4.78 is 13.4. The molecule has 1 atom stereocenters. The molecule has 0 bridgehead atoms. The number of halogens is 2. The molecule has 1 amide bonds. The van der Waals surface area contributed by atoms with E-state index in [0.29, 0.717) is 10.0 Å². The number of primary amides is 1. The predicted molar refractivity (Wildman–Crippen MR) is 55.1 cm³/mol. The van der Waals surface area contributed by atoms with Gasteiger partial charge in [-0.1, -0.05) is 6.07 Å². The summed E-state index contributed by atoms with van der Waals surface area (Å²) in [6.07, 6.45) is 0. The van der Waals surface area contributed by atoms with Crippen molar-refractivity contribution in [2.75, 3.05) is 6.54 Å². The SMILES string of the molecule is NC[C@@H](C(N)=O)c1ccc(Br)c(F)c1. The Bertz CT molecular complexity index is 357. The van der Waals surface area contributed by atoms with E-state index in [1.807, 2.05) is 0 Å². The first-order chi connectivity index (χ1) is 6.56. The van der Waals surface area contributed by atoms with Crippen LogP contribution in [0.3, 0.4) is 0 Å². The molecule has 0 aliphatic rings. The molecule has 14 heavy (non-hydrogen) atoms. The minimum Gasteiger partial charge on any atom is -0.369 e. The third-order valence-corrected chi connectivity index (χ3v) is 2.57. The maximum absolute atomic E-state index is 13.1. The minimum atomic E-state index is -0.627. The number of amides is 1. The number of hydrogen-bond acceptors (Lipinski definition) is 2. The van der Waals surface area contributed by atoms with Crippen LogP contribution < -0.4 is 11.5 Å². The standard InChI is InChI=1S/C9H10BrFN2O/c10-7-2-1-5(3-8(7)11)6(4-12)9(13)14/h1-3,6H,4,12H2,(H2,13,14)/t6-/m1/s1. The normalized spacial score (nSPS) is 12.5. The first kappa shape index (κ1) is 11.1. The van der Waals surface area contributed by atoms with Crippen molar-refractivity contribution in [3.63, 3.8) is 0 Å². The molecule has 0 saturated heterocycles. The molecule has 76 valence electrons. The summed E-state index contributed by atoms with van der Waals surface area (Å²) in [5.74, 6) is -1.60. The Morgan fingerprint density at radius 2 is 2.21 bits per heavy atom. The lowest BCUT2D eigenvalue weighted by atomic mass is 9.99. The second-order valence-electron chi connectivity index (χ2n) is 2.86. The molecular weight excluding hydrogens is 251 g/mol. The lowest BCUT2D eigenvalue weighted by Crippen LogP contribution is -2.27. The van der Waals surface area contributed by atoms with Gasteiger partial charge in [-0.2, -0.15) is 0 Å². The van der Waals surface area contributed by atoms with Gasteiger partial charge in [-0.25, -0.2) is 4.39 Å². The van der Waals surface area contributed by atoms with Gasteiger partial charge in [0.05, 0.1) is 10.4 Å². The molecule has 1 aromatic carbocycles. The molecule has 0 radical (unpaired) electrons. The zero-order valence-electron chi connectivity index (χ0n) is 7.34. The van der Waals surface area contributed by atoms with E-state index >= 15 is 0 Å². The Kier molecular flexibility index (Phi) is 3.60. The smallest absolute Gasteiger partial charge is 0.226 e. The van der Waals surface area contributed by atoms with Gasteiger partial charge in [-0.15, -0.1) is 0 Å². The van der Waals surface area contributed by atoms with E-state index < -0.39 is 17.6 Å². The summed E-state index contributed by atoms with van der Waals surface area (Å²) in [4.78, 5) is 10.9. The number of carbonyl (C=O) groups excluding carboxylic acids is 1. The number of rotatable bonds is 3. The van der Waals surface area contributed by atoms with E-state index in [-0.39, 0.29) is 6.54 Å². The molecule has 0 unspecified atom stereocenters. The lowest BCUT2D eigenvalue weighted by Gasteiger charge is -2.11. The van der Waals surface area contributed by atoms with Crippen molar-refractivity contribution in [3.05, 3.63) is 34.1 Å². The molecule has 0 heterocycles. The molecule has 0 aliphatic heterocycles. The van der Waals surface area contributed by atoms with Crippen LogP contribution in [0, 0.1) is 5.82 Å². The third kappa shape index (κ3) is 2.30. The van der Waals surface area contributed by atoms with E-state index in [2.05, 4.69) is 15.9 Å². The highest BCUT2D eigenvalue weighted by Gasteiger charge is 2.16. The van der Waals surface area contributed by atoms with Crippen LogP contribution in [-0.2, 0) is 4.79 Å². The zero-order chi connectivity index (χ0) is 10.7. The zero-order valence-corrected chi connectivity index (χ0v) is 8.92. The number of carbonyl (C=O) groups is 1. The van der Waals surface area contributed by atoms with Crippen molar-refractivity contribution < 1.29 is 9.18 Å². The van der Waals surface area contributed by atoms with Crippen molar-refractivity contribution in [3.8, 4) is 0 Å². The third-order valence-electron chi connectivity index (χ3n) is 1.93.